The van der Waals surface area contributed by atoms with E-state index in [1.54, 1.807) is 44.9 Å². The molecule has 0 atom stereocenters. The van der Waals surface area contributed by atoms with Gasteiger partial charge >= 0.3 is 5.69 Å². The van der Waals surface area contributed by atoms with Crippen LogP contribution in [0.25, 0.3) is 23.3 Å². The fraction of sp³-hybridized carbons (Fsp3) is 0.350. The van der Waals surface area contributed by atoms with Crippen molar-refractivity contribution in [3.63, 3.8) is 0 Å². The van der Waals surface area contributed by atoms with E-state index in [0.717, 1.165) is 5.56 Å². The van der Waals surface area contributed by atoms with E-state index < -0.39 is 0 Å². The lowest BCUT2D eigenvalue weighted by Crippen LogP contribution is -2.39. The van der Waals surface area contributed by atoms with Crippen molar-refractivity contribution in [2.24, 2.45) is 7.05 Å². The lowest BCUT2D eigenvalue weighted by atomic mass is 10.2. The summed E-state index contributed by atoms with van der Waals surface area (Å²) in [6.45, 7) is 4.39. The second-order valence-electron chi connectivity index (χ2n) is 6.26. The second kappa shape index (κ2) is 7.75. The average Bonchev–Trinajstić information content (AvgIpc) is 3.03. The van der Waals surface area contributed by atoms with Crippen LogP contribution in [0.5, 0.6) is 11.5 Å². The Kier molecular flexibility index (Phi) is 5.39. The number of methoxy groups -OCH3 is 2. The van der Waals surface area contributed by atoms with Gasteiger partial charge in [0.15, 0.2) is 11.2 Å². The summed E-state index contributed by atoms with van der Waals surface area (Å²) in [6, 6.07) is 5.53. The molecule has 0 unspecified atom stereocenters. The van der Waals surface area contributed by atoms with Crippen molar-refractivity contribution in [3.05, 3.63) is 50.4 Å². The Morgan fingerprint density at radius 3 is 2.11 bits per heavy atom. The third-order valence-corrected chi connectivity index (χ3v) is 4.71. The minimum atomic E-state index is -0.339. The molecular weight excluding hydrogens is 360 g/mol. The van der Waals surface area contributed by atoms with Crippen LogP contribution >= 0.6 is 0 Å². The number of aryl methyl sites for hydroxylation is 2. The van der Waals surface area contributed by atoms with E-state index in [4.69, 9.17) is 9.47 Å². The molecule has 0 aliphatic rings. The Hall–Kier alpha value is -3.29. The molecule has 8 nitrogen and oxygen atoms in total. The number of ether oxygens (including phenoxy) is 2. The van der Waals surface area contributed by atoms with Crippen LogP contribution in [-0.4, -0.2) is 32.9 Å². The first-order valence-electron chi connectivity index (χ1n) is 9.06. The van der Waals surface area contributed by atoms with E-state index in [9.17, 15) is 9.59 Å². The molecule has 148 valence electrons. The monoisotopic (exact) mass is 384 g/mol. The maximum absolute atomic E-state index is 12.8. The smallest absolute Gasteiger partial charge is 0.332 e. The molecule has 2 heterocycles. The molecule has 0 aliphatic carbocycles. The Morgan fingerprint density at radius 1 is 0.964 bits per heavy atom. The lowest BCUT2D eigenvalue weighted by molar-refractivity contribution is 0.394. The molecule has 0 spiro atoms. The standard InChI is InChI=1S/C20H24N4O4/c1-6-23-18-17(19(25)24(7-2)20(23)26)22(3)16(21-18)9-8-13-10-14(27-4)12-15(11-13)28-5/h8-12H,6-7H2,1-5H3/b9-8+. The summed E-state index contributed by atoms with van der Waals surface area (Å²) in [4.78, 5) is 29.8. The summed E-state index contributed by atoms with van der Waals surface area (Å²) in [6.07, 6.45) is 3.66. The van der Waals surface area contributed by atoms with E-state index in [0.29, 0.717) is 41.6 Å². The van der Waals surface area contributed by atoms with E-state index >= 15 is 0 Å². The summed E-state index contributed by atoms with van der Waals surface area (Å²) in [5.74, 6) is 1.92. The fourth-order valence-corrected chi connectivity index (χ4v) is 3.19. The Bertz CT molecular complexity index is 1150. The molecule has 0 amide bonds. The third-order valence-electron chi connectivity index (χ3n) is 4.71. The molecule has 2 aromatic heterocycles. The van der Waals surface area contributed by atoms with Gasteiger partial charge in [0, 0.05) is 26.2 Å². The molecule has 0 aliphatic heterocycles. The number of nitrogens with zero attached hydrogens (tertiary/aromatic N) is 4. The molecule has 1 aromatic carbocycles. The van der Waals surface area contributed by atoms with E-state index in [1.807, 2.05) is 25.1 Å². The Balaban J connectivity index is 2.17. The fourth-order valence-electron chi connectivity index (χ4n) is 3.19. The summed E-state index contributed by atoms with van der Waals surface area (Å²) in [5.41, 5.74) is 0.999. The van der Waals surface area contributed by atoms with Gasteiger partial charge in [-0.1, -0.05) is 6.08 Å². The number of aromatic nitrogens is 4. The van der Waals surface area contributed by atoms with Gasteiger partial charge in [-0.25, -0.2) is 9.78 Å². The predicted molar refractivity (Wildman–Crippen MR) is 109 cm³/mol. The molecule has 0 radical (unpaired) electrons. The highest BCUT2D eigenvalue weighted by molar-refractivity contribution is 5.77. The van der Waals surface area contributed by atoms with Crippen molar-refractivity contribution in [2.45, 2.75) is 26.9 Å². The summed E-state index contributed by atoms with van der Waals surface area (Å²) in [7, 11) is 4.96. The first kappa shape index (κ1) is 19.5. The molecule has 0 fully saturated rings. The Labute approximate surface area is 162 Å². The van der Waals surface area contributed by atoms with Crippen LogP contribution in [0.1, 0.15) is 25.2 Å². The zero-order chi connectivity index (χ0) is 20.4. The van der Waals surface area contributed by atoms with Gasteiger partial charge in [0.25, 0.3) is 5.56 Å². The maximum Gasteiger partial charge on any atom is 0.332 e. The van der Waals surface area contributed by atoms with Crippen molar-refractivity contribution < 1.29 is 9.47 Å². The highest BCUT2D eigenvalue weighted by atomic mass is 16.5. The number of fused-ring (bicyclic) bond motifs is 1. The van der Waals surface area contributed by atoms with Gasteiger partial charge < -0.3 is 14.0 Å². The SMILES string of the molecule is CCn1c(=O)c2c(nc(/C=C/c3cc(OC)cc(OC)c3)n2C)n(CC)c1=O. The predicted octanol–water partition coefficient (Wildman–Crippen LogP) is 2.12. The molecule has 3 rings (SSSR count). The number of rotatable bonds is 6. The van der Waals surface area contributed by atoms with Gasteiger partial charge in [0.05, 0.1) is 14.2 Å². The van der Waals surface area contributed by atoms with Gasteiger partial charge in [0.2, 0.25) is 0 Å². The first-order chi connectivity index (χ1) is 13.4. The van der Waals surface area contributed by atoms with Gasteiger partial charge in [-0.15, -0.1) is 0 Å². The molecular formula is C20H24N4O4. The molecule has 0 saturated carbocycles. The van der Waals surface area contributed by atoms with Crippen LogP contribution in [0.4, 0.5) is 0 Å². The number of imidazole rings is 1. The number of hydrogen-bond donors (Lipinski definition) is 0. The van der Waals surface area contributed by atoms with Crippen LogP contribution in [0.2, 0.25) is 0 Å². The van der Waals surface area contributed by atoms with Crippen LogP contribution < -0.4 is 20.7 Å². The average molecular weight is 384 g/mol. The van der Waals surface area contributed by atoms with Crippen molar-refractivity contribution >= 4 is 23.3 Å². The van der Waals surface area contributed by atoms with Crippen molar-refractivity contribution in [3.8, 4) is 11.5 Å². The lowest BCUT2D eigenvalue weighted by Gasteiger charge is -2.08. The summed E-state index contributed by atoms with van der Waals surface area (Å²) < 4.78 is 15.0. The topological polar surface area (TPSA) is 80.3 Å². The maximum atomic E-state index is 12.8. The minimum absolute atomic E-state index is 0.313. The number of hydrogen-bond acceptors (Lipinski definition) is 5. The molecule has 0 bridgehead atoms. The summed E-state index contributed by atoms with van der Waals surface area (Å²) in [5, 5.41) is 0. The largest absolute Gasteiger partial charge is 0.497 e. The molecule has 8 heteroatoms. The molecule has 3 aromatic rings. The van der Waals surface area contributed by atoms with Crippen molar-refractivity contribution in [1.29, 1.82) is 0 Å². The first-order valence-corrected chi connectivity index (χ1v) is 9.06. The summed E-state index contributed by atoms with van der Waals surface area (Å²) >= 11 is 0. The zero-order valence-electron chi connectivity index (χ0n) is 16.7. The Morgan fingerprint density at radius 2 is 1.57 bits per heavy atom. The van der Waals surface area contributed by atoms with Gasteiger partial charge in [-0.2, -0.15) is 0 Å². The van der Waals surface area contributed by atoms with Crippen molar-refractivity contribution in [2.75, 3.05) is 14.2 Å². The zero-order valence-corrected chi connectivity index (χ0v) is 16.7. The van der Waals surface area contributed by atoms with Gasteiger partial charge in [-0.3, -0.25) is 13.9 Å². The minimum Gasteiger partial charge on any atom is -0.497 e. The van der Waals surface area contributed by atoms with Crippen LogP contribution in [0.3, 0.4) is 0 Å². The van der Waals surface area contributed by atoms with Crippen molar-refractivity contribution in [1.82, 2.24) is 18.7 Å². The quantitative estimate of drug-likeness (QED) is 0.650. The third kappa shape index (κ3) is 3.21. The highest BCUT2D eigenvalue weighted by Crippen LogP contribution is 2.24. The molecule has 0 N–H and O–H groups in total. The van der Waals surface area contributed by atoms with Gasteiger partial charge in [0.1, 0.15) is 17.3 Å². The van der Waals surface area contributed by atoms with Crippen LogP contribution in [0.15, 0.2) is 27.8 Å². The van der Waals surface area contributed by atoms with E-state index in [-0.39, 0.29) is 11.2 Å². The van der Waals surface area contributed by atoms with Crippen LogP contribution in [-0.2, 0) is 20.1 Å². The molecule has 28 heavy (non-hydrogen) atoms. The van der Waals surface area contributed by atoms with E-state index in [2.05, 4.69) is 4.98 Å². The number of benzene rings is 1. The van der Waals surface area contributed by atoms with E-state index in [1.165, 1.54) is 9.13 Å². The second-order valence-corrected chi connectivity index (χ2v) is 6.26. The van der Waals surface area contributed by atoms with Crippen LogP contribution in [0, 0.1) is 0 Å². The normalized spacial score (nSPS) is 11.5. The van der Waals surface area contributed by atoms with Gasteiger partial charge in [-0.05, 0) is 37.6 Å². The molecule has 0 saturated heterocycles. The highest BCUT2D eigenvalue weighted by Gasteiger charge is 2.17.